The Kier molecular flexibility index (Phi) is 6.20. The summed E-state index contributed by atoms with van der Waals surface area (Å²) in [7, 11) is 3.15. The predicted molar refractivity (Wildman–Crippen MR) is 94.3 cm³/mol. The van der Waals surface area contributed by atoms with Crippen molar-refractivity contribution in [2.75, 3.05) is 14.2 Å². The molecule has 0 bridgehead atoms. The minimum atomic E-state index is -0.331. The lowest BCUT2D eigenvalue weighted by Gasteiger charge is -2.09. The van der Waals surface area contributed by atoms with E-state index in [4.69, 9.17) is 14.2 Å². The number of fused-ring (bicyclic) bond motifs is 1. The molecule has 0 spiro atoms. The zero-order chi connectivity index (χ0) is 17.7. The molecule has 1 unspecified atom stereocenters. The molecule has 0 amide bonds. The first kappa shape index (κ1) is 18.3. The van der Waals surface area contributed by atoms with Crippen LogP contribution in [0.15, 0.2) is 18.2 Å². The second-order valence-corrected chi connectivity index (χ2v) is 6.57. The van der Waals surface area contributed by atoms with Gasteiger partial charge in [0.1, 0.15) is 0 Å². The van der Waals surface area contributed by atoms with E-state index in [2.05, 4.69) is 0 Å². The second-order valence-electron chi connectivity index (χ2n) is 5.49. The van der Waals surface area contributed by atoms with E-state index in [1.165, 1.54) is 11.3 Å². The summed E-state index contributed by atoms with van der Waals surface area (Å²) < 4.78 is 16.7. The van der Waals surface area contributed by atoms with Crippen LogP contribution in [0, 0.1) is 0 Å². The number of thiophene rings is 1. The van der Waals surface area contributed by atoms with E-state index >= 15 is 0 Å². The fraction of sp³-hybridized carbons (Fsp3) is 0.444. The van der Waals surface area contributed by atoms with Gasteiger partial charge in [-0.2, -0.15) is 0 Å². The Hall–Kier alpha value is -2.08. The molecule has 0 aliphatic rings. The van der Waals surface area contributed by atoms with Crippen LogP contribution in [-0.2, 0) is 9.53 Å². The van der Waals surface area contributed by atoms with Gasteiger partial charge in [-0.05, 0) is 30.9 Å². The Morgan fingerprint density at radius 2 is 1.75 bits per heavy atom. The van der Waals surface area contributed by atoms with Gasteiger partial charge >= 0.3 is 5.97 Å². The lowest BCUT2D eigenvalue weighted by atomic mass is 10.1. The molecule has 2 rings (SSSR count). The van der Waals surface area contributed by atoms with Crippen LogP contribution in [0.4, 0.5) is 0 Å². The van der Waals surface area contributed by atoms with Crippen LogP contribution < -0.4 is 9.47 Å². The van der Waals surface area contributed by atoms with Crippen molar-refractivity contribution >= 4 is 33.2 Å². The number of benzene rings is 1. The first-order chi connectivity index (χ1) is 11.5. The highest BCUT2D eigenvalue weighted by Gasteiger charge is 2.16. The van der Waals surface area contributed by atoms with Crippen molar-refractivity contribution in [3.63, 3.8) is 0 Å². The average molecular weight is 350 g/mol. The molecular weight excluding hydrogens is 328 g/mol. The number of carbonyl (C=O) groups excluding carboxylic acids is 2. The van der Waals surface area contributed by atoms with Crippen molar-refractivity contribution in [2.45, 2.75) is 39.2 Å². The van der Waals surface area contributed by atoms with Gasteiger partial charge in [0.2, 0.25) is 0 Å². The quantitative estimate of drug-likeness (QED) is 0.527. The van der Waals surface area contributed by atoms with E-state index in [1.54, 1.807) is 14.2 Å². The Balaban J connectivity index is 2.08. The third-order valence-electron chi connectivity index (χ3n) is 3.76. The molecule has 0 aliphatic carbocycles. The first-order valence-electron chi connectivity index (χ1n) is 7.86. The van der Waals surface area contributed by atoms with Crippen LogP contribution in [0.25, 0.3) is 10.1 Å². The van der Waals surface area contributed by atoms with Crippen LogP contribution in [0.3, 0.4) is 0 Å². The van der Waals surface area contributed by atoms with E-state index in [-0.39, 0.29) is 30.7 Å². The van der Waals surface area contributed by atoms with Crippen molar-refractivity contribution < 1.29 is 23.8 Å². The fourth-order valence-corrected chi connectivity index (χ4v) is 3.25. The molecular formula is C18H22O5S. The summed E-state index contributed by atoms with van der Waals surface area (Å²) in [5, 5.41) is 0.920. The highest BCUT2D eigenvalue weighted by atomic mass is 32.1. The van der Waals surface area contributed by atoms with E-state index in [0.717, 1.165) is 16.5 Å². The number of Topliss-reactive ketones (excluding diaryl/α,β-unsaturated/α-hetero) is 1. The molecule has 24 heavy (non-hydrogen) atoms. The Morgan fingerprint density at radius 1 is 1.08 bits per heavy atom. The summed E-state index contributed by atoms with van der Waals surface area (Å²) in [6, 6.07) is 5.52. The van der Waals surface area contributed by atoms with Crippen molar-refractivity contribution in [2.24, 2.45) is 0 Å². The van der Waals surface area contributed by atoms with E-state index in [1.807, 2.05) is 32.0 Å². The van der Waals surface area contributed by atoms with Gasteiger partial charge in [0, 0.05) is 17.2 Å². The Bertz CT molecular complexity index is 693. The van der Waals surface area contributed by atoms with Gasteiger partial charge in [0.15, 0.2) is 17.3 Å². The molecule has 0 saturated heterocycles. The Labute approximate surface area is 145 Å². The molecule has 130 valence electrons. The average Bonchev–Trinajstić information content (AvgIpc) is 3.00. The Morgan fingerprint density at radius 3 is 2.38 bits per heavy atom. The minimum absolute atomic E-state index is 0.0600. The van der Waals surface area contributed by atoms with Gasteiger partial charge in [-0.25, -0.2) is 0 Å². The van der Waals surface area contributed by atoms with Gasteiger partial charge in [-0.3, -0.25) is 9.59 Å². The molecule has 0 radical (unpaired) electrons. The zero-order valence-corrected chi connectivity index (χ0v) is 15.2. The number of ether oxygens (including phenoxy) is 3. The SMILES string of the molecule is CCC(C)OC(=O)CCC(=O)c1cc2cc(OC)c(OC)cc2s1. The lowest BCUT2D eigenvalue weighted by Crippen LogP contribution is -2.14. The summed E-state index contributed by atoms with van der Waals surface area (Å²) in [5.41, 5.74) is 0. The van der Waals surface area contributed by atoms with Crippen molar-refractivity contribution in [1.82, 2.24) is 0 Å². The maximum Gasteiger partial charge on any atom is 0.306 e. The fourth-order valence-electron chi connectivity index (χ4n) is 2.21. The normalized spacial score (nSPS) is 12.0. The van der Waals surface area contributed by atoms with Gasteiger partial charge in [-0.15, -0.1) is 11.3 Å². The van der Waals surface area contributed by atoms with Crippen LogP contribution in [0.5, 0.6) is 11.5 Å². The molecule has 5 nitrogen and oxygen atoms in total. The predicted octanol–water partition coefficient (Wildman–Crippen LogP) is 4.22. The number of rotatable bonds is 8. The topological polar surface area (TPSA) is 61.8 Å². The molecule has 0 N–H and O–H groups in total. The van der Waals surface area contributed by atoms with Crippen molar-refractivity contribution in [3.05, 3.63) is 23.1 Å². The number of esters is 1. The van der Waals surface area contributed by atoms with Gasteiger partial charge in [0.05, 0.1) is 31.6 Å². The third-order valence-corrected chi connectivity index (χ3v) is 4.90. The zero-order valence-electron chi connectivity index (χ0n) is 14.4. The summed E-state index contributed by atoms with van der Waals surface area (Å²) in [6.07, 6.45) is 0.900. The van der Waals surface area contributed by atoms with Crippen LogP contribution in [0.1, 0.15) is 42.8 Å². The number of carbonyl (C=O) groups is 2. The molecule has 1 aromatic carbocycles. The summed E-state index contributed by atoms with van der Waals surface area (Å²) >= 11 is 1.39. The molecule has 0 fully saturated rings. The molecule has 0 aliphatic heterocycles. The molecule has 1 heterocycles. The highest BCUT2D eigenvalue weighted by molar-refractivity contribution is 7.20. The largest absolute Gasteiger partial charge is 0.493 e. The smallest absolute Gasteiger partial charge is 0.306 e. The monoisotopic (exact) mass is 350 g/mol. The van der Waals surface area contributed by atoms with Gasteiger partial charge in [0.25, 0.3) is 0 Å². The van der Waals surface area contributed by atoms with Crippen molar-refractivity contribution in [1.29, 1.82) is 0 Å². The highest BCUT2D eigenvalue weighted by Crippen LogP contribution is 2.36. The number of ketones is 1. The maximum atomic E-state index is 12.3. The van der Waals surface area contributed by atoms with Gasteiger partial charge in [-0.1, -0.05) is 6.92 Å². The standard InChI is InChI=1S/C18H22O5S/c1-5-11(2)23-18(20)7-6-13(19)17-9-12-8-14(21-3)15(22-4)10-16(12)24-17/h8-11H,5-7H2,1-4H3. The first-order valence-corrected chi connectivity index (χ1v) is 8.68. The maximum absolute atomic E-state index is 12.3. The van der Waals surface area contributed by atoms with E-state index in [0.29, 0.717) is 16.4 Å². The number of hydrogen-bond acceptors (Lipinski definition) is 6. The summed E-state index contributed by atoms with van der Waals surface area (Å²) in [6.45, 7) is 3.79. The summed E-state index contributed by atoms with van der Waals surface area (Å²) in [5.74, 6) is 0.860. The second kappa shape index (κ2) is 8.15. The summed E-state index contributed by atoms with van der Waals surface area (Å²) in [4.78, 5) is 24.6. The molecule has 6 heteroatoms. The molecule has 0 saturated carbocycles. The number of hydrogen-bond donors (Lipinski definition) is 0. The lowest BCUT2D eigenvalue weighted by molar-refractivity contribution is -0.148. The van der Waals surface area contributed by atoms with E-state index < -0.39 is 0 Å². The van der Waals surface area contributed by atoms with Crippen molar-refractivity contribution in [3.8, 4) is 11.5 Å². The van der Waals surface area contributed by atoms with E-state index in [9.17, 15) is 9.59 Å². The van der Waals surface area contributed by atoms with Gasteiger partial charge < -0.3 is 14.2 Å². The van der Waals surface area contributed by atoms with Crippen LogP contribution >= 0.6 is 11.3 Å². The minimum Gasteiger partial charge on any atom is -0.493 e. The molecule has 1 atom stereocenters. The number of methoxy groups -OCH3 is 2. The van der Waals surface area contributed by atoms with Crippen LogP contribution in [0.2, 0.25) is 0 Å². The van der Waals surface area contributed by atoms with Crippen LogP contribution in [-0.4, -0.2) is 32.1 Å². The third kappa shape index (κ3) is 4.26. The molecule has 1 aromatic heterocycles. The molecule has 2 aromatic rings.